The lowest BCUT2D eigenvalue weighted by atomic mass is 10.1. The molecule has 0 bridgehead atoms. The first kappa shape index (κ1) is 18.1. The molecule has 1 aliphatic heterocycles. The molecule has 0 aromatic heterocycles. The summed E-state index contributed by atoms with van der Waals surface area (Å²) in [4.78, 5) is 24.8. The summed E-state index contributed by atoms with van der Waals surface area (Å²) in [7, 11) is 1.50. The third-order valence-corrected chi connectivity index (χ3v) is 4.06. The lowest BCUT2D eigenvalue weighted by molar-refractivity contribution is -0.146. The van der Waals surface area contributed by atoms with Crippen molar-refractivity contribution < 1.29 is 24.2 Å². The predicted octanol–water partition coefficient (Wildman–Crippen LogP) is 2.84. The highest BCUT2D eigenvalue weighted by Crippen LogP contribution is 2.36. The first-order chi connectivity index (χ1) is 11.5. The number of carboxylic acid groups (broad SMARTS) is 1. The van der Waals surface area contributed by atoms with Gasteiger partial charge in [0.2, 0.25) is 5.91 Å². The summed E-state index contributed by atoms with van der Waals surface area (Å²) >= 11 is 6.17. The quantitative estimate of drug-likeness (QED) is 0.796. The second-order valence-electron chi connectivity index (χ2n) is 5.33. The first-order valence-electron chi connectivity index (χ1n) is 7.69. The van der Waals surface area contributed by atoms with Crippen LogP contribution in [0.4, 0.5) is 0 Å². The van der Waals surface area contributed by atoms with Crippen molar-refractivity contribution in [2.24, 2.45) is 0 Å². The van der Waals surface area contributed by atoms with Crippen LogP contribution in [-0.2, 0) is 9.59 Å². The van der Waals surface area contributed by atoms with Gasteiger partial charge in [0, 0.05) is 12.6 Å². The van der Waals surface area contributed by atoms with E-state index in [0.29, 0.717) is 48.1 Å². The molecule has 0 spiro atoms. The van der Waals surface area contributed by atoms with Crippen LogP contribution >= 0.6 is 11.6 Å². The lowest BCUT2D eigenvalue weighted by Gasteiger charge is -2.19. The van der Waals surface area contributed by atoms with Crippen LogP contribution < -0.4 is 9.47 Å². The van der Waals surface area contributed by atoms with Crippen LogP contribution in [0.2, 0.25) is 5.02 Å². The molecule has 1 heterocycles. The van der Waals surface area contributed by atoms with Crippen LogP contribution in [-0.4, -0.2) is 48.2 Å². The van der Waals surface area contributed by atoms with Crippen molar-refractivity contribution in [1.29, 1.82) is 0 Å². The van der Waals surface area contributed by atoms with E-state index in [1.165, 1.54) is 18.1 Å². The molecule has 7 heteroatoms. The number of amides is 1. The number of carbonyl (C=O) groups excluding carboxylic acids is 1. The van der Waals surface area contributed by atoms with Gasteiger partial charge in [0.1, 0.15) is 6.04 Å². The number of hydrogen-bond donors (Lipinski definition) is 1. The largest absolute Gasteiger partial charge is 0.491 e. The number of methoxy groups -OCH3 is 1. The van der Waals surface area contributed by atoms with E-state index in [4.69, 9.17) is 26.2 Å². The Balaban J connectivity index is 2.19. The number of aliphatic carboxylic acids is 1. The number of nitrogens with zero attached hydrogens (tertiary/aromatic N) is 1. The first-order valence-corrected chi connectivity index (χ1v) is 8.07. The molecule has 1 aromatic carbocycles. The molecule has 0 aliphatic carbocycles. The van der Waals surface area contributed by atoms with E-state index in [-0.39, 0.29) is 5.91 Å². The van der Waals surface area contributed by atoms with Gasteiger partial charge in [-0.3, -0.25) is 4.79 Å². The Morgan fingerprint density at radius 2 is 2.21 bits per heavy atom. The molecule has 1 N–H and O–H groups in total. The Hall–Kier alpha value is -2.21. The summed E-state index contributed by atoms with van der Waals surface area (Å²) in [6.45, 7) is 2.75. The Morgan fingerprint density at radius 1 is 1.46 bits per heavy atom. The van der Waals surface area contributed by atoms with E-state index < -0.39 is 12.0 Å². The van der Waals surface area contributed by atoms with Gasteiger partial charge in [-0.15, -0.1) is 0 Å². The molecular formula is C17H20ClNO5. The Kier molecular flexibility index (Phi) is 6.09. The van der Waals surface area contributed by atoms with E-state index in [0.717, 1.165) is 0 Å². The molecule has 1 amide bonds. The Morgan fingerprint density at radius 3 is 2.83 bits per heavy atom. The second-order valence-corrected chi connectivity index (χ2v) is 5.74. The molecule has 130 valence electrons. The summed E-state index contributed by atoms with van der Waals surface area (Å²) < 4.78 is 10.7. The predicted molar refractivity (Wildman–Crippen MR) is 90.6 cm³/mol. The minimum Gasteiger partial charge on any atom is -0.491 e. The summed E-state index contributed by atoms with van der Waals surface area (Å²) in [5.74, 6) is -0.373. The highest BCUT2D eigenvalue weighted by Gasteiger charge is 2.32. The summed E-state index contributed by atoms with van der Waals surface area (Å²) in [5.41, 5.74) is 0.670. The smallest absolute Gasteiger partial charge is 0.326 e. The van der Waals surface area contributed by atoms with Gasteiger partial charge >= 0.3 is 5.97 Å². The molecule has 1 fully saturated rings. The zero-order valence-electron chi connectivity index (χ0n) is 13.6. The van der Waals surface area contributed by atoms with E-state index >= 15 is 0 Å². The van der Waals surface area contributed by atoms with Gasteiger partial charge < -0.3 is 19.5 Å². The van der Waals surface area contributed by atoms with Gasteiger partial charge in [-0.05, 0) is 43.5 Å². The number of benzene rings is 1. The fraction of sp³-hybridized carbons (Fsp3) is 0.412. The molecule has 2 rings (SSSR count). The normalized spacial score (nSPS) is 17.3. The number of carboxylic acids is 1. The zero-order chi connectivity index (χ0) is 17.7. The maximum Gasteiger partial charge on any atom is 0.326 e. The third kappa shape index (κ3) is 4.00. The van der Waals surface area contributed by atoms with E-state index in [1.54, 1.807) is 18.2 Å². The SMILES string of the molecule is CCOc1cc(/C=C/C(=O)N2CCCC2C(=O)O)cc(Cl)c1OC. The minimum absolute atomic E-state index is 0.329. The van der Waals surface area contributed by atoms with Crippen LogP contribution in [0.5, 0.6) is 11.5 Å². The van der Waals surface area contributed by atoms with Gasteiger partial charge in [0.15, 0.2) is 11.5 Å². The topological polar surface area (TPSA) is 76.1 Å². The van der Waals surface area contributed by atoms with Crippen molar-refractivity contribution in [3.63, 3.8) is 0 Å². The zero-order valence-corrected chi connectivity index (χ0v) is 14.4. The van der Waals surface area contributed by atoms with Gasteiger partial charge in [-0.2, -0.15) is 0 Å². The average molecular weight is 354 g/mol. The average Bonchev–Trinajstić information content (AvgIpc) is 3.03. The number of halogens is 1. The molecule has 24 heavy (non-hydrogen) atoms. The molecule has 0 saturated carbocycles. The molecule has 1 aromatic rings. The van der Waals surface area contributed by atoms with Crippen LogP contribution in [0.3, 0.4) is 0 Å². The van der Waals surface area contributed by atoms with Crippen LogP contribution in [0.15, 0.2) is 18.2 Å². The Labute approximate surface area is 145 Å². The fourth-order valence-corrected chi connectivity index (χ4v) is 2.99. The Bertz CT molecular complexity index is 659. The monoisotopic (exact) mass is 353 g/mol. The van der Waals surface area contributed by atoms with Crippen LogP contribution in [0, 0.1) is 0 Å². The number of carbonyl (C=O) groups is 2. The molecule has 6 nitrogen and oxygen atoms in total. The molecule has 1 atom stereocenters. The molecule has 1 aliphatic rings. The standard InChI is InChI=1S/C17H20ClNO5/c1-3-24-14-10-11(9-12(18)16(14)23-2)6-7-15(20)19-8-4-5-13(19)17(21)22/h6-7,9-10,13H,3-5,8H2,1-2H3,(H,21,22)/b7-6+. The van der Waals surface area contributed by atoms with Crippen LogP contribution in [0.1, 0.15) is 25.3 Å². The van der Waals surface area contributed by atoms with E-state index in [9.17, 15) is 9.59 Å². The van der Waals surface area contributed by atoms with Crippen molar-refractivity contribution in [2.45, 2.75) is 25.8 Å². The van der Waals surface area contributed by atoms with Crippen molar-refractivity contribution in [2.75, 3.05) is 20.3 Å². The number of likely N-dealkylation sites (tertiary alicyclic amines) is 1. The fourth-order valence-electron chi connectivity index (χ4n) is 2.70. The van der Waals surface area contributed by atoms with Gasteiger partial charge in [-0.1, -0.05) is 11.6 Å². The van der Waals surface area contributed by atoms with Crippen LogP contribution in [0.25, 0.3) is 6.08 Å². The maximum absolute atomic E-state index is 12.2. The summed E-state index contributed by atoms with van der Waals surface area (Å²) in [5, 5.41) is 9.52. The number of rotatable bonds is 6. The summed E-state index contributed by atoms with van der Waals surface area (Å²) in [6, 6.07) is 2.63. The highest BCUT2D eigenvalue weighted by molar-refractivity contribution is 6.32. The lowest BCUT2D eigenvalue weighted by Crippen LogP contribution is -2.39. The van der Waals surface area contributed by atoms with Crippen molar-refractivity contribution in [3.05, 3.63) is 28.8 Å². The number of ether oxygens (including phenoxy) is 2. The molecule has 1 saturated heterocycles. The summed E-state index contributed by atoms with van der Waals surface area (Å²) in [6.07, 6.45) is 4.12. The van der Waals surface area contributed by atoms with Gasteiger partial charge in [0.05, 0.1) is 18.7 Å². The highest BCUT2D eigenvalue weighted by atomic mass is 35.5. The van der Waals surface area contributed by atoms with Crippen molar-refractivity contribution in [3.8, 4) is 11.5 Å². The second kappa shape index (κ2) is 8.06. The van der Waals surface area contributed by atoms with Crippen molar-refractivity contribution >= 4 is 29.6 Å². The third-order valence-electron chi connectivity index (χ3n) is 3.78. The van der Waals surface area contributed by atoms with Crippen molar-refractivity contribution in [1.82, 2.24) is 4.90 Å². The maximum atomic E-state index is 12.2. The minimum atomic E-state index is -0.972. The number of hydrogen-bond acceptors (Lipinski definition) is 4. The van der Waals surface area contributed by atoms with E-state index in [2.05, 4.69) is 0 Å². The molecule has 0 radical (unpaired) electrons. The molecular weight excluding hydrogens is 334 g/mol. The van der Waals surface area contributed by atoms with Gasteiger partial charge in [0.25, 0.3) is 0 Å². The molecule has 1 unspecified atom stereocenters. The van der Waals surface area contributed by atoms with Gasteiger partial charge in [-0.25, -0.2) is 4.79 Å². The van der Waals surface area contributed by atoms with E-state index in [1.807, 2.05) is 6.92 Å².